The lowest BCUT2D eigenvalue weighted by Crippen LogP contribution is -2.39. The van der Waals surface area contributed by atoms with Crippen LogP contribution in [0.25, 0.3) is 10.9 Å². The fourth-order valence-corrected chi connectivity index (χ4v) is 4.16. The minimum atomic E-state index is -1.09. The summed E-state index contributed by atoms with van der Waals surface area (Å²) >= 11 is 0. The van der Waals surface area contributed by atoms with E-state index in [1.54, 1.807) is 25.1 Å². The molecule has 6 heteroatoms. The fourth-order valence-electron chi connectivity index (χ4n) is 4.16. The first kappa shape index (κ1) is 21.4. The van der Waals surface area contributed by atoms with Crippen molar-refractivity contribution in [1.29, 1.82) is 0 Å². The molecular formula is C23H32N2O4. The monoisotopic (exact) mass is 400 g/mol. The maximum Gasteiger partial charge on any atom is 0.412 e. The smallest absolute Gasteiger partial charge is 0.412 e. The number of carboxylic acid groups (broad SMARTS) is 1. The number of aliphatic hydroxyl groups is 1. The first-order chi connectivity index (χ1) is 13.7. The largest absolute Gasteiger partial charge is 0.474 e. The van der Waals surface area contributed by atoms with Crippen molar-refractivity contribution in [2.24, 2.45) is 11.3 Å². The highest BCUT2D eigenvalue weighted by Crippen LogP contribution is 2.38. The molecule has 1 heterocycles. The molecule has 158 valence electrons. The summed E-state index contributed by atoms with van der Waals surface area (Å²) in [5.41, 5.74) is 1.63. The second-order valence-corrected chi connectivity index (χ2v) is 9.17. The Morgan fingerprint density at radius 1 is 1.21 bits per heavy atom. The number of aromatic nitrogens is 1. The lowest BCUT2D eigenvalue weighted by atomic mass is 9.72. The molecule has 1 aliphatic rings. The highest BCUT2D eigenvalue weighted by Gasteiger charge is 2.30. The van der Waals surface area contributed by atoms with Gasteiger partial charge in [-0.1, -0.05) is 20.8 Å². The Kier molecular flexibility index (Phi) is 6.32. The van der Waals surface area contributed by atoms with E-state index in [0.29, 0.717) is 17.0 Å². The normalized spacial score (nSPS) is 21.0. The molecule has 2 aromatic rings. The molecule has 3 rings (SSSR count). The highest BCUT2D eigenvalue weighted by atomic mass is 16.5. The van der Waals surface area contributed by atoms with Crippen molar-refractivity contribution in [2.75, 3.05) is 11.5 Å². The van der Waals surface area contributed by atoms with Crippen LogP contribution in [0.15, 0.2) is 30.3 Å². The van der Waals surface area contributed by atoms with Crippen LogP contribution in [0.2, 0.25) is 0 Å². The Hall–Kier alpha value is -2.34. The van der Waals surface area contributed by atoms with Gasteiger partial charge in [-0.05, 0) is 68.2 Å². The minimum Gasteiger partial charge on any atom is -0.474 e. The SMILES string of the molecule is CC(CO)N(C(=O)O)c1ccc2nc(OC3CCC(C(C)(C)C)CC3)ccc2c1. The molecule has 2 N–H and O–H groups in total. The zero-order valence-corrected chi connectivity index (χ0v) is 17.8. The van der Waals surface area contributed by atoms with Crippen LogP contribution in [0.3, 0.4) is 0 Å². The number of fused-ring (bicyclic) bond motifs is 1. The number of pyridine rings is 1. The molecule has 0 aliphatic heterocycles. The van der Waals surface area contributed by atoms with Gasteiger partial charge in [-0.3, -0.25) is 4.90 Å². The summed E-state index contributed by atoms with van der Waals surface area (Å²) in [6, 6.07) is 8.53. The predicted octanol–water partition coefficient (Wildman–Crippen LogP) is 5.08. The topological polar surface area (TPSA) is 82.9 Å². The number of hydrogen-bond donors (Lipinski definition) is 2. The molecule has 1 aromatic heterocycles. The molecule has 0 radical (unpaired) electrons. The van der Waals surface area contributed by atoms with E-state index in [0.717, 1.165) is 34.6 Å². The third-order valence-corrected chi connectivity index (χ3v) is 6.02. The van der Waals surface area contributed by atoms with Crippen LogP contribution in [0.1, 0.15) is 53.4 Å². The minimum absolute atomic E-state index is 0.200. The van der Waals surface area contributed by atoms with Gasteiger partial charge in [-0.2, -0.15) is 0 Å². The average Bonchev–Trinajstić information content (AvgIpc) is 2.67. The molecule has 1 fully saturated rings. The van der Waals surface area contributed by atoms with Crippen LogP contribution in [-0.4, -0.2) is 40.0 Å². The molecular weight excluding hydrogens is 368 g/mol. The molecule has 1 aromatic carbocycles. The van der Waals surface area contributed by atoms with Gasteiger partial charge in [0.25, 0.3) is 0 Å². The maximum absolute atomic E-state index is 11.6. The van der Waals surface area contributed by atoms with E-state index in [9.17, 15) is 15.0 Å². The van der Waals surface area contributed by atoms with Gasteiger partial charge < -0.3 is 14.9 Å². The van der Waals surface area contributed by atoms with Crippen molar-refractivity contribution in [1.82, 2.24) is 4.98 Å². The van der Waals surface area contributed by atoms with Gasteiger partial charge >= 0.3 is 6.09 Å². The predicted molar refractivity (Wildman–Crippen MR) is 115 cm³/mol. The first-order valence-electron chi connectivity index (χ1n) is 10.4. The lowest BCUT2D eigenvalue weighted by Gasteiger charge is -2.36. The second-order valence-electron chi connectivity index (χ2n) is 9.17. The molecule has 6 nitrogen and oxygen atoms in total. The van der Waals surface area contributed by atoms with Gasteiger partial charge in [0, 0.05) is 17.1 Å². The molecule has 1 atom stereocenters. The number of amides is 1. The summed E-state index contributed by atoms with van der Waals surface area (Å²) in [4.78, 5) is 17.4. The van der Waals surface area contributed by atoms with Crippen molar-refractivity contribution in [3.63, 3.8) is 0 Å². The number of hydrogen-bond acceptors (Lipinski definition) is 4. The van der Waals surface area contributed by atoms with Crippen LogP contribution in [0.5, 0.6) is 5.88 Å². The summed E-state index contributed by atoms with van der Waals surface area (Å²) < 4.78 is 6.15. The summed E-state index contributed by atoms with van der Waals surface area (Å²) in [6.07, 6.45) is 3.56. The Bertz CT molecular complexity index is 854. The average molecular weight is 401 g/mol. The van der Waals surface area contributed by atoms with E-state index in [1.165, 1.54) is 12.8 Å². The zero-order chi connectivity index (χ0) is 21.2. The van der Waals surface area contributed by atoms with E-state index in [-0.39, 0.29) is 12.7 Å². The number of aliphatic hydroxyl groups excluding tert-OH is 1. The Labute approximate surface area is 172 Å². The van der Waals surface area contributed by atoms with E-state index in [1.807, 2.05) is 12.1 Å². The zero-order valence-electron chi connectivity index (χ0n) is 17.8. The lowest BCUT2D eigenvalue weighted by molar-refractivity contribution is 0.0854. The molecule has 1 amide bonds. The third-order valence-electron chi connectivity index (χ3n) is 6.02. The Balaban J connectivity index is 1.72. The standard InChI is InChI=1S/C23H32N2O4/c1-15(14-26)25(22(27)28)18-8-11-20-16(13-18)5-12-21(24-20)29-19-9-6-17(7-10-19)23(2,3)4/h5,8,11-13,15,17,19,26H,6-7,9-10,14H2,1-4H3,(H,27,28). The molecule has 0 bridgehead atoms. The van der Waals surface area contributed by atoms with E-state index in [4.69, 9.17) is 4.74 Å². The summed E-state index contributed by atoms with van der Waals surface area (Å²) in [7, 11) is 0. The van der Waals surface area contributed by atoms with Crippen LogP contribution >= 0.6 is 0 Å². The van der Waals surface area contributed by atoms with Gasteiger partial charge in [-0.25, -0.2) is 9.78 Å². The van der Waals surface area contributed by atoms with Crippen molar-refractivity contribution in [3.8, 4) is 5.88 Å². The van der Waals surface area contributed by atoms with Gasteiger partial charge in [-0.15, -0.1) is 0 Å². The number of ether oxygens (including phenoxy) is 1. The highest BCUT2D eigenvalue weighted by molar-refractivity contribution is 5.91. The van der Waals surface area contributed by atoms with Crippen LogP contribution in [0, 0.1) is 11.3 Å². The summed E-state index contributed by atoms with van der Waals surface area (Å²) in [5, 5.41) is 19.7. The molecule has 1 saturated carbocycles. The quantitative estimate of drug-likeness (QED) is 0.731. The molecule has 29 heavy (non-hydrogen) atoms. The van der Waals surface area contributed by atoms with Gasteiger partial charge in [0.15, 0.2) is 0 Å². The second kappa shape index (κ2) is 8.57. The number of anilines is 1. The molecule has 0 saturated heterocycles. The number of benzene rings is 1. The van der Waals surface area contributed by atoms with Crippen molar-refractivity contribution < 1.29 is 19.7 Å². The molecule has 1 unspecified atom stereocenters. The van der Waals surface area contributed by atoms with Crippen molar-refractivity contribution in [2.45, 2.75) is 65.5 Å². The first-order valence-corrected chi connectivity index (χ1v) is 10.4. The Morgan fingerprint density at radius 3 is 2.48 bits per heavy atom. The number of nitrogens with zero attached hydrogens (tertiary/aromatic N) is 2. The van der Waals surface area contributed by atoms with E-state index >= 15 is 0 Å². The van der Waals surface area contributed by atoms with Crippen LogP contribution < -0.4 is 9.64 Å². The van der Waals surface area contributed by atoms with E-state index in [2.05, 4.69) is 25.8 Å². The van der Waals surface area contributed by atoms with Crippen LogP contribution in [0.4, 0.5) is 10.5 Å². The summed E-state index contributed by atoms with van der Waals surface area (Å²) in [5.74, 6) is 1.35. The maximum atomic E-state index is 11.6. The number of carbonyl (C=O) groups is 1. The van der Waals surface area contributed by atoms with Gasteiger partial charge in [0.05, 0.1) is 18.2 Å². The van der Waals surface area contributed by atoms with Gasteiger partial charge in [0.1, 0.15) is 6.10 Å². The summed E-state index contributed by atoms with van der Waals surface area (Å²) in [6.45, 7) is 8.36. The van der Waals surface area contributed by atoms with Crippen molar-refractivity contribution >= 4 is 22.7 Å². The molecule has 1 aliphatic carbocycles. The van der Waals surface area contributed by atoms with E-state index < -0.39 is 12.1 Å². The molecule has 0 spiro atoms. The Morgan fingerprint density at radius 2 is 1.90 bits per heavy atom. The third kappa shape index (κ3) is 4.99. The fraction of sp³-hybridized carbons (Fsp3) is 0.565. The van der Waals surface area contributed by atoms with Crippen molar-refractivity contribution in [3.05, 3.63) is 30.3 Å². The number of rotatable bonds is 5. The van der Waals surface area contributed by atoms with Crippen LogP contribution in [-0.2, 0) is 0 Å². The van der Waals surface area contributed by atoms with Gasteiger partial charge in [0.2, 0.25) is 5.88 Å².